The molecule has 0 radical (unpaired) electrons. The Morgan fingerprint density at radius 2 is 1.78 bits per heavy atom. The van der Waals surface area contributed by atoms with E-state index < -0.39 is 0 Å². The topological polar surface area (TPSA) is 46.4 Å². The fourth-order valence-corrected chi connectivity index (χ4v) is 4.15. The maximum atomic E-state index is 12.4. The first-order chi connectivity index (χ1) is 15.4. The van der Waals surface area contributed by atoms with Crippen molar-refractivity contribution >= 4 is 34.6 Å². The van der Waals surface area contributed by atoms with E-state index in [1.54, 1.807) is 6.21 Å². The molecule has 0 saturated heterocycles. The summed E-state index contributed by atoms with van der Waals surface area (Å²) >= 11 is 6.04. The van der Waals surface area contributed by atoms with Crippen molar-refractivity contribution in [2.75, 3.05) is 0 Å². The first kappa shape index (κ1) is 21.8. The van der Waals surface area contributed by atoms with Crippen LogP contribution in [0.2, 0.25) is 5.02 Å². The Bertz CT molecular complexity index is 1300. The predicted molar refractivity (Wildman–Crippen MR) is 133 cm³/mol. The molecule has 0 atom stereocenters. The number of carbonyl (C=O) groups is 1. The van der Waals surface area contributed by atoms with Gasteiger partial charge in [-0.3, -0.25) is 4.79 Å². The summed E-state index contributed by atoms with van der Waals surface area (Å²) in [6.45, 7) is 6.88. The molecule has 0 saturated carbocycles. The number of para-hydroxylation sites is 1. The third-order valence-corrected chi connectivity index (χ3v) is 6.02. The molecule has 32 heavy (non-hydrogen) atoms. The Kier molecular flexibility index (Phi) is 6.42. The smallest absolute Gasteiger partial charge is 0.244 e. The van der Waals surface area contributed by atoms with Crippen molar-refractivity contribution in [3.63, 3.8) is 0 Å². The van der Waals surface area contributed by atoms with E-state index in [1.807, 2.05) is 62.4 Å². The normalized spacial score (nSPS) is 11.4. The van der Waals surface area contributed by atoms with Crippen molar-refractivity contribution in [3.05, 3.63) is 105 Å². The van der Waals surface area contributed by atoms with Crippen molar-refractivity contribution in [1.82, 2.24) is 9.99 Å². The number of fused-ring (bicyclic) bond motifs is 1. The predicted octanol–water partition coefficient (Wildman–Crippen LogP) is 5.96. The highest BCUT2D eigenvalue weighted by molar-refractivity contribution is 6.30. The molecule has 4 rings (SSSR count). The fourth-order valence-electron chi connectivity index (χ4n) is 4.02. The van der Waals surface area contributed by atoms with Crippen molar-refractivity contribution in [3.8, 4) is 0 Å². The monoisotopic (exact) mass is 443 g/mol. The van der Waals surface area contributed by atoms with Gasteiger partial charge in [-0.2, -0.15) is 5.10 Å². The van der Waals surface area contributed by atoms with Gasteiger partial charge in [-0.25, -0.2) is 5.43 Å². The van der Waals surface area contributed by atoms with Crippen LogP contribution in [-0.4, -0.2) is 16.7 Å². The second-order valence-electron chi connectivity index (χ2n) is 8.13. The number of halogens is 1. The van der Waals surface area contributed by atoms with Crippen LogP contribution in [0, 0.1) is 20.8 Å². The van der Waals surface area contributed by atoms with Gasteiger partial charge >= 0.3 is 0 Å². The number of rotatable bonds is 6. The van der Waals surface area contributed by atoms with Gasteiger partial charge in [0.1, 0.15) is 0 Å². The maximum absolute atomic E-state index is 12.4. The van der Waals surface area contributed by atoms with Crippen molar-refractivity contribution in [1.29, 1.82) is 0 Å². The minimum atomic E-state index is -0.129. The number of amides is 1. The molecule has 0 aliphatic carbocycles. The van der Waals surface area contributed by atoms with Gasteiger partial charge in [0.05, 0.1) is 12.6 Å². The lowest BCUT2D eigenvalue weighted by atomic mass is 10.0. The molecule has 0 aliphatic heterocycles. The quantitative estimate of drug-likeness (QED) is 0.290. The molecule has 0 bridgehead atoms. The van der Waals surface area contributed by atoms with E-state index >= 15 is 0 Å². The summed E-state index contributed by atoms with van der Waals surface area (Å²) in [6, 6.07) is 22.3. The van der Waals surface area contributed by atoms with E-state index in [-0.39, 0.29) is 5.91 Å². The van der Waals surface area contributed by atoms with Gasteiger partial charge in [0.25, 0.3) is 0 Å². The van der Waals surface area contributed by atoms with Crippen LogP contribution in [0.1, 0.15) is 33.5 Å². The van der Waals surface area contributed by atoms with Gasteiger partial charge < -0.3 is 4.57 Å². The molecule has 3 aromatic carbocycles. The summed E-state index contributed by atoms with van der Waals surface area (Å²) in [6.07, 6.45) is 2.05. The number of aromatic nitrogens is 1. The first-order valence-electron chi connectivity index (χ1n) is 10.6. The van der Waals surface area contributed by atoms with Gasteiger partial charge in [-0.15, -0.1) is 0 Å². The Morgan fingerprint density at radius 1 is 1.03 bits per heavy atom. The SMILES string of the molecule is Cc1ccc(CC(=O)N/N=C\c2c(C)n(Cc3ccc(Cl)cc3)c3ccccc23)c(C)c1. The number of hydrogen-bond acceptors (Lipinski definition) is 2. The third kappa shape index (κ3) is 4.76. The van der Waals surface area contributed by atoms with E-state index in [0.29, 0.717) is 6.42 Å². The first-order valence-corrected chi connectivity index (χ1v) is 11.0. The lowest BCUT2D eigenvalue weighted by molar-refractivity contribution is -0.120. The van der Waals surface area contributed by atoms with Gasteiger partial charge in [-0.1, -0.05) is 65.7 Å². The van der Waals surface area contributed by atoms with Gasteiger partial charge in [0.15, 0.2) is 0 Å². The molecule has 4 nitrogen and oxygen atoms in total. The highest BCUT2D eigenvalue weighted by Crippen LogP contribution is 2.26. The summed E-state index contributed by atoms with van der Waals surface area (Å²) < 4.78 is 2.26. The van der Waals surface area contributed by atoms with E-state index in [4.69, 9.17) is 11.6 Å². The second kappa shape index (κ2) is 9.41. The molecule has 1 aromatic heterocycles. The molecule has 1 heterocycles. The Hall–Kier alpha value is -3.37. The van der Waals surface area contributed by atoms with Gasteiger partial charge in [-0.05, 0) is 55.7 Å². The van der Waals surface area contributed by atoms with Crippen LogP contribution >= 0.6 is 11.6 Å². The van der Waals surface area contributed by atoms with Crippen molar-refractivity contribution in [2.24, 2.45) is 5.10 Å². The van der Waals surface area contributed by atoms with Crippen LogP contribution < -0.4 is 5.43 Å². The largest absolute Gasteiger partial charge is 0.340 e. The Balaban J connectivity index is 1.55. The van der Waals surface area contributed by atoms with E-state index in [2.05, 4.69) is 40.2 Å². The maximum Gasteiger partial charge on any atom is 0.244 e. The lowest BCUT2D eigenvalue weighted by Gasteiger charge is -2.09. The summed E-state index contributed by atoms with van der Waals surface area (Å²) in [5, 5.41) is 6.10. The van der Waals surface area contributed by atoms with Crippen LogP contribution in [-0.2, 0) is 17.8 Å². The molecule has 1 N–H and O–H groups in total. The number of aryl methyl sites for hydroxylation is 2. The minimum absolute atomic E-state index is 0.129. The lowest BCUT2D eigenvalue weighted by Crippen LogP contribution is -2.20. The Morgan fingerprint density at radius 3 is 2.53 bits per heavy atom. The molecule has 0 unspecified atom stereocenters. The zero-order valence-corrected chi connectivity index (χ0v) is 19.3. The van der Waals surface area contributed by atoms with E-state index in [0.717, 1.165) is 44.9 Å². The van der Waals surface area contributed by atoms with Crippen molar-refractivity contribution < 1.29 is 4.79 Å². The van der Waals surface area contributed by atoms with Crippen LogP contribution in [0.3, 0.4) is 0 Å². The van der Waals surface area contributed by atoms with Crippen LogP contribution in [0.4, 0.5) is 0 Å². The number of benzene rings is 3. The zero-order valence-electron chi connectivity index (χ0n) is 18.5. The number of carbonyl (C=O) groups excluding carboxylic acids is 1. The van der Waals surface area contributed by atoms with Gasteiger partial charge in [0, 0.05) is 33.7 Å². The summed E-state index contributed by atoms with van der Waals surface area (Å²) in [5.74, 6) is -0.129. The minimum Gasteiger partial charge on any atom is -0.340 e. The molecule has 0 spiro atoms. The molecule has 4 aromatic rings. The highest BCUT2D eigenvalue weighted by atomic mass is 35.5. The average molecular weight is 444 g/mol. The van der Waals surface area contributed by atoms with Crippen LogP contribution in [0.5, 0.6) is 0 Å². The average Bonchev–Trinajstić information content (AvgIpc) is 3.03. The summed E-state index contributed by atoms with van der Waals surface area (Å²) in [5.41, 5.74) is 10.4. The number of nitrogens with zero attached hydrogens (tertiary/aromatic N) is 2. The zero-order chi connectivity index (χ0) is 22.7. The van der Waals surface area contributed by atoms with Crippen LogP contribution in [0.25, 0.3) is 10.9 Å². The summed E-state index contributed by atoms with van der Waals surface area (Å²) in [4.78, 5) is 12.4. The van der Waals surface area contributed by atoms with E-state index in [1.165, 1.54) is 11.1 Å². The number of hydrogen-bond donors (Lipinski definition) is 1. The molecule has 0 fully saturated rings. The third-order valence-electron chi connectivity index (χ3n) is 5.77. The molecule has 5 heteroatoms. The molecule has 0 aliphatic rings. The number of nitrogens with one attached hydrogen (secondary N) is 1. The van der Waals surface area contributed by atoms with E-state index in [9.17, 15) is 4.79 Å². The molecule has 1 amide bonds. The molecular formula is C27H26ClN3O. The standard InChI is InChI=1S/C27H26ClN3O/c1-18-8-11-22(19(2)14-18)15-27(32)30-29-16-25-20(3)31(26-7-5-4-6-24(25)26)17-21-9-12-23(28)13-10-21/h4-14,16H,15,17H2,1-3H3,(H,30,32)/b29-16-. The second-order valence-corrected chi connectivity index (χ2v) is 8.57. The summed E-state index contributed by atoms with van der Waals surface area (Å²) in [7, 11) is 0. The Labute approximate surface area is 193 Å². The van der Waals surface area contributed by atoms with Crippen LogP contribution in [0.15, 0.2) is 71.8 Å². The number of hydrazone groups is 1. The van der Waals surface area contributed by atoms with Crippen molar-refractivity contribution in [2.45, 2.75) is 33.7 Å². The fraction of sp³-hybridized carbons (Fsp3) is 0.185. The molecule has 162 valence electrons. The highest BCUT2D eigenvalue weighted by Gasteiger charge is 2.13. The molecular weight excluding hydrogens is 418 g/mol. The van der Waals surface area contributed by atoms with Gasteiger partial charge in [0.2, 0.25) is 5.91 Å².